The number of nitrogens with zero attached hydrogens (tertiary/aromatic N) is 4. The van der Waals surface area contributed by atoms with Gasteiger partial charge in [0.15, 0.2) is 16.7 Å². The van der Waals surface area contributed by atoms with Crippen molar-refractivity contribution in [1.82, 2.24) is 19.7 Å². The Balaban J connectivity index is 1.30. The first-order valence-corrected chi connectivity index (χ1v) is 10.0. The first kappa shape index (κ1) is 15.2. The molecule has 25 heavy (non-hydrogen) atoms. The van der Waals surface area contributed by atoms with Crippen LogP contribution in [-0.4, -0.2) is 26.5 Å². The summed E-state index contributed by atoms with van der Waals surface area (Å²) < 4.78 is 12.9. The summed E-state index contributed by atoms with van der Waals surface area (Å²) in [4.78, 5) is 4.75. The van der Waals surface area contributed by atoms with E-state index < -0.39 is 0 Å². The van der Waals surface area contributed by atoms with E-state index in [2.05, 4.69) is 27.2 Å². The summed E-state index contributed by atoms with van der Waals surface area (Å²) in [6.07, 6.45) is 2.48. The molecule has 2 aromatic heterocycles. The third-order valence-electron chi connectivity index (χ3n) is 4.33. The van der Waals surface area contributed by atoms with Crippen LogP contribution in [0.4, 0.5) is 0 Å². The van der Waals surface area contributed by atoms with Crippen LogP contribution in [0.25, 0.3) is 10.6 Å². The summed E-state index contributed by atoms with van der Waals surface area (Å²) in [7, 11) is 2.05. The Morgan fingerprint density at radius 3 is 3.00 bits per heavy atom. The van der Waals surface area contributed by atoms with Crippen molar-refractivity contribution in [3.63, 3.8) is 0 Å². The van der Waals surface area contributed by atoms with E-state index >= 15 is 0 Å². The minimum atomic E-state index is 0.291. The predicted molar refractivity (Wildman–Crippen MR) is 96.2 cm³/mol. The zero-order valence-electron chi connectivity index (χ0n) is 13.6. The van der Waals surface area contributed by atoms with Crippen molar-refractivity contribution in [2.45, 2.75) is 29.7 Å². The lowest BCUT2D eigenvalue weighted by Gasteiger charge is -2.01. The minimum Gasteiger partial charge on any atom is -0.454 e. The lowest BCUT2D eigenvalue weighted by molar-refractivity contribution is 0.174. The highest BCUT2D eigenvalue weighted by molar-refractivity contribution is 7.98. The van der Waals surface area contributed by atoms with Gasteiger partial charge in [0, 0.05) is 29.7 Å². The van der Waals surface area contributed by atoms with Gasteiger partial charge >= 0.3 is 0 Å². The molecular weight excluding hydrogens is 356 g/mol. The van der Waals surface area contributed by atoms with Gasteiger partial charge in [-0.05, 0) is 31.0 Å². The van der Waals surface area contributed by atoms with Gasteiger partial charge in [0.1, 0.15) is 10.8 Å². The Bertz CT molecular complexity index is 933. The molecule has 1 aliphatic carbocycles. The average molecular weight is 372 g/mol. The van der Waals surface area contributed by atoms with Crippen LogP contribution >= 0.6 is 23.1 Å². The maximum atomic E-state index is 5.45. The zero-order valence-corrected chi connectivity index (χ0v) is 15.3. The first-order valence-electron chi connectivity index (χ1n) is 8.14. The van der Waals surface area contributed by atoms with Gasteiger partial charge in [0.2, 0.25) is 6.79 Å². The normalized spacial score (nSPS) is 15.7. The molecule has 8 heteroatoms. The third-order valence-corrected chi connectivity index (χ3v) is 6.33. The molecule has 0 unspecified atom stereocenters. The summed E-state index contributed by atoms with van der Waals surface area (Å²) in [6, 6.07) is 5.95. The first-order chi connectivity index (χ1) is 12.3. The van der Waals surface area contributed by atoms with Gasteiger partial charge in [-0.1, -0.05) is 11.8 Å². The maximum absolute atomic E-state index is 5.45. The fourth-order valence-corrected chi connectivity index (χ4v) is 4.56. The lowest BCUT2D eigenvalue weighted by atomic mass is 10.2. The Kier molecular flexibility index (Phi) is 3.67. The summed E-state index contributed by atoms with van der Waals surface area (Å²) >= 11 is 3.33. The topological polar surface area (TPSA) is 62.1 Å². The lowest BCUT2D eigenvalue weighted by Crippen LogP contribution is -1.97. The van der Waals surface area contributed by atoms with Crippen molar-refractivity contribution < 1.29 is 9.47 Å². The average Bonchev–Trinajstić information content (AvgIpc) is 3.05. The molecule has 128 valence electrons. The molecular formula is C17H16N4O2S2. The molecule has 3 aromatic rings. The van der Waals surface area contributed by atoms with Crippen LogP contribution in [0.1, 0.15) is 30.3 Å². The highest BCUT2D eigenvalue weighted by Gasteiger charge is 2.29. The van der Waals surface area contributed by atoms with Crippen LogP contribution in [0.2, 0.25) is 0 Å². The van der Waals surface area contributed by atoms with Crippen molar-refractivity contribution in [3.05, 3.63) is 35.1 Å². The monoisotopic (exact) mass is 372 g/mol. The third kappa shape index (κ3) is 2.89. The predicted octanol–water partition coefficient (Wildman–Crippen LogP) is 3.84. The van der Waals surface area contributed by atoms with Gasteiger partial charge in [-0.2, -0.15) is 0 Å². The minimum absolute atomic E-state index is 0.291. The van der Waals surface area contributed by atoms with Crippen molar-refractivity contribution in [1.29, 1.82) is 0 Å². The van der Waals surface area contributed by atoms with E-state index in [9.17, 15) is 0 Å². The van der Waals surface area contributed by atoms with Gasteiger partial charge in [0.25, 0.3) is 0 Å². The van der Waals surface area contributed by atoms with Gasteiger partial charge < -0.3 is 14.0 Å². The Morgan fingerprint density at radius 1 is 1.24 bits per heavy atom. The second-order valence-corrected chi connectivity index (χ2v) is 7.98. The SMILES string of the molecule is Cn1c(SCc2csc(-c3ccc4c(c3)OCO4)n2)nnc1C1CC1. The fourth-order valence-electron chi connectivity index (χ4n) is 2.82. The smallest absolute Gasteiger partial charge is 0.231 e. The number of hydrogen-bond donors (Lipinski definition) is 0. The highest BCUT2D eigenvalue weighted by atomic mass is 32.2. The van der Waals surface area contributed by atoms with E-state index in [1.807, 2.05) is 18.2 Å². The Morgan fingerprint density at radius 2 is 2.12 bits per heavy atom. The van der Waals surface area contributed by atoms with Crippen LogP contribution < -0.4 is 9.47 Å². The molecule has 0 bridgehead atoms. The number of thioether (sulfide) groups is 1. The van der Waals surface area contributed by atoms with E-state index in [0.717, 1.165) is 44.5 Å². The van der Waals surface area contributed by atoms with E-state index in [0.29, 0.717) is 12.7 Å². The molecule has 1 aliphatic heterocycles. The molecule has 0 spiro atoms. The molecule has 0 amide bonds. The van der Waals surface area contributed by atoms with Gasteiger partial charge in [-0.25, -0.2) is 4.98 Å². The molecule has 0 atom stereocenters. The molecule has 2 aliphatic rings. The summed E-state index contributed by atoms with van der Waals surface area (Å²) in [5, 5.41) is 12.7. The second-order valence-electron chi connectivity index (χ2n) is 6.17. The van der Waals surface area contributed by atoms with E-state index in [-0.39, 0.29) is 0 Å². The number of ether oxygens (including phenoxy) is 2. The standard InChI is InChI=1S/C17H16N4O2S2/c1-21-15(10-2-3-10)19-20-17(21)25-8-12-7-24-16(18-12)11-4-5-13-14(6-11)23-9-22-13/h4-7,10H,2-3,8-9H2,1H3. The zero-order chi connectivity index (χ0) is 16.8. The number of rotatable bonds is 5. The molecule has 0 radical (unpaired) electrons. The van der Waals surface area contributed by atoms with Crippen molar-refractivity contribution >= 4 is 23.1 Å². The number of fused-ring (bicyclic) bond motifs is 1. The largest absolute Gasteiger partial charge is 0.454 e. The van der Waals surface area contributed by atoms with Crippen LogP contribution in [0.15, 0.2) is 28.7 Å². The molecule has 3 heterocycles. The molecule has 6 nitrogen and oxygen atoms in total. The van der Waals surface area contributed by atoms with Crippen LogP contribution in [0.3, 0.4) is 0 Å². The summed E-state index contributed by atoms with van der Waals surface area (Å²) in [5.41, 5.74) is 2.11. The molecule has 1 aromatic carbocycles. The number of aromatic nitrogens is 4. The van der Waals surface area contributed by atoms with E-state index in [1.54, 1.807) is 23.1 Å². The molecule has 1 saturated carbocycles. The second kappa shape index (κ2) is 6.03. The van der Waals surface area contributed by atoms with Gasteiger partial charge in [0.05, 0.1) is 5.69 Å². The Hall–Kier alpha value is -2.06. The highest BCUT2D eigenvalue weighted by Crippen LogP contribution is 2.40. The van der Waals surface area contributed by atoms with Crippen LogP contribution in [0.5, 0.6) is 11.5 Å². The summed E-state index contributed by atoms with van der Waals surface area (Å²) in [6.45, 7) is 0.291. The Labute approximate surface area is 153 Å². The number of benzene rings is 1. The molecule has 5 rings (SSSR count). The molecule has 0 N–H and O–H groups in total. The van der Waals surface area contributed by atoms with Crippen molar-refractivity contribution in [3.8, 4) is 22.1 Å². The number of thiazole rings is 1. The van der Waals surface area contributed by atoms with E-state index in [4.69, 9.17) is 14.5 Å². The number of hydrogen-bond acceptors (Lipinski definition) is 7. The van der Waals surface area contributed by atoms with E-state index in [1.165, 1.54) is 12.8 Å². The summed E-state index contributed by atoms with van der Waals surface area (Å²) in [5.74, 6) is 4.10. The van der Waals surface area contributed by atoms with Crippen LogP contribution in [0, 0.1) is 0 Å². The maximum Gasteiger partial charge on any atom is 0.231 e. The van der Waals surface area contributed by atoms with Gasteiger partial charge in [-0.3, -0.25) is 0 Å². The van der Waals surface area contributed by atoms with Gasteiger partial charge in [-0.15, -0.1) is 21.5 Å². The van der Waals surface area contributed by atoms with Crippen LogP contribution in [-0.2, 0) is 12.8 Å². The van der Waals surface area contributed by atoms with Crippen molar-refractivity contribution in [2.75, 3.05) is 6.79 Å². The molecule has 0 saturated heterocycles. The quantitative estimate of drug-likeness (QED) is 0.634. The molecule has 1 fully saturated rings. The van der Waals surface area contributed by atoms with Crippen molar-refractivity contribution in [2.24, 2.45) is 7.05 Å². The fraction of sp³-hybridized carbons (Fsp3) is 0.353.